The summed E-state index contributed by atoms with van der Waals surface area (Å²) in [6.07, 6.45) is 3.76. The molecule has 2 aliphatic rings. The van der Waals surface area contributed by atoms with Crippen LogP contribution in [0.3, 0.4) is 0 Å². The number of aromatic nitrogens is 2. The average molecular weight is 532 g/mol. The highest BCUT2D eigenvalue weighted by molar-refractivity contribution is 7.84. The van der Waals surface area contributed by atoms with E-state index in [0.717, 1.165) is 68.0 Å². The molecular weight excluding hydrogens is 486 g/mol. The van der Waals surface area contributed by atoms with E-state index in [1.165, 1.54) is 0 Å². The first-order chi connectivity index (χ1) is 17.3. The first kappa shape index (κ1) is 28.0. The highest BCUT2D eigenvalue weighted by Crippen LogP contribution is 2.31. The largest absolute Gasteiger partial charge is 0.381 e. The van der Waals surface area contributed by atoms with Gasteiger partial charge in [0.05, 0.1) is 16.7 Å². The number of hydrogen-bond acceptors (Lipinski definition) is 4. The number of carbonyl (C=O) groups is 1. The number of nitrogens with one attached hydrogen (secondary N) is 1. The van der Waals surface area contributed by atoms with Crippen LogP contribution in [-0.2, 0) is 32.7 Å². The number of fused-ring (bicyclic) bond motifs is 1. The minimum Gasteiger partial charge on any atom is -0.381 e. The van der Waals surface area contributed by atoms with E-state index < -0.39 is 16.6 Å². The molecule has 206 valence electrons. The van der Waals surface area contributed by atoms with E-state index in [2.05, 4.69) is 48.9 Å². The van der Waals surface area contributed by atoms with Gasteiger partial charge in [-0.2, -0.15) is 0 Å². The third-order valence-electron chi connectivity index (χ3n) is 7.47. The number of imidazole rings is 1. The molecule has 0 radical (unpaired) electrons. The van der Waals surface area contributed by atoms with Crippen LogP contribution in [0.2, 0.25) is 0 Å². The predicted molar refractivity (Wildman–Crippen MR) is 151 cm³/mol. The second-order valence-corrected chi connectivity index (χ2v) is 14.2. The zero-order chi connectivity index (χ0) is 27.0. The summed E-state index contributed by atoms with van der Waals surface area (Å²) in [5.74, 6) is 1.76. The lowest BCUT2D eigenvalue weighted by molar-refractivity contribution is -0.129. The van der Waals surface area contributed by atoms with Crippen LogP contribution in [0.15, 0.2) is 18.2 Å². The fourth-order valence-corrected chi connectivity index (χ4v) is 6.24. The number of hydrogen-bond donors (Lipinski definition) is 1. The van der Waals surface area contributed by atoms with E-state index in [1.807, 2.05) is 36.4 Å². The van der Waals surface area contributed by atoms with Crippen LogP contribution in [0.4, 0.5) is 5.69 Å². The number of anilines is 1. The summed E-state index contributed by atoms with van der Waals surface area (Å²) in [5, 5.41) is 3.15. The van der Waals surface area contributed by atoms with Crippen LogP contribution in [-0.4, -0.2) is 63.4 Å². The molecule has 2 saturated heterocycles. The van der Waals surface area contributed by atoms with E-state index in [4.69, 9.17) is 9.72 Å². The Morgan fingerprint density at radius 2 is 1.76 bits per heavy atom. The zero-order valence-electron chi connectivity index (χ0n) is 23.7. The molecule has 1 amide bonds. The highest BCUT2D eigenvalue weighted by atomic mass is 32.2. The molecule has 3 heterocycles. The van der Waals surface area contributed by atoms with Crippen molar-refractivity contribution < 1.29 is 13.7 Å². The predicted octanol–water partition coefficient (Wildman–Crippen LogP) is 4.40. The Labute approximate surface area is 224 Å². The Bertz CT molecular complexity index is 1120. The third-order valence-corrected chi connectivity index (χ3v) is 8.96. The van der Waals surface area contributed by atoms with Crippen molar-refractivity contribution in [1.29, 1.82) is 0 Å². The van der Waals surface area contributed by atoms with Gasteiger partial charge >= 0.3 is 0 Å². The maximum Gasteiger partial charge on any atom is 0.225 e. The quantitative estimate of drug-likeness (QED) is 0.599. The van der Waals surface area contributed by atoms with Crippen molar-refractivity contribution in [2.75, 3.05) is 37.7 Å². The van der Waals surface area contributed by atoms with E-state index >= 15 is 0 Å². The van der Waals surface area contributed by atoms with Crippen molar-refractivity contribution in [1.82, 2.24) is 19.2 Å². The van der Waals surface area contributed by atoms with Gasteiger partial charge in [-0.15, -0.1) is 0 Å². The summed E-state index contributed by atoms with van der Waals surface area (Å²) >= 11 is -1.31. The van der Waals surface area contributed by atoms with Gasteiger partial charge in [0.1, 0.15) is 5.82 Å². The Hall–Kier alpha value is -1.97. The maximum absolute atomic E-state index is 13.5. The summed E-state index contributed by atoms with van der Waals surface area (Å²) in [7, 11) is 1.88. The van der Waals surface area contributed by atoms with Crippen molar-refractivity contribution in [3.63, 3.8) is 0 Å². The third kappa shape index (κ3) is 6.55. The van der Waals surface area contributed by atoms with Gasteiger partial charge in [-0.25, -0.2) is 13.5 Å². The second kappa shape index (κ2) is 11.0. The number of carbonyl (C=O) groups excluding carboxylic acids is 1. The zero-order valence-corrected chi connectivity index (χ0v) is 24.5. The van der Waals surface area contributed by atoms with Crippen LogP contribution in [0.25, 0.3) is 11.0 Å². The van der Waals surface area contributed by atoms with E-state index in [0.29, 0.717) is 19.0 Å². The lowest BCUT2D eigenvalue weighted by Gasteiger charge is -2.34. The molecule has 37 heavy (non-hydrogen) atoms. The highest BCUT2D eigenvalue weighted by Gasteiger charge is 2.30. The van der Waals surface area contributed by atoms with Gasteiger partial charge in [0.15, 0.2) is 11.2 Å². The molecule has 8 nitrogen and oxygen atoms in total. The van der Waals surface area contributed by atoms with Gasteiger partial charge in [-0.05, 0) is 49.8 Å². The minimum atomic E-state index is -1.31. The van der Waals surface area contributed by atoms with Crippen LogP contribution in [0.1, 0.15) is 73.1 Å². The molecule has 2 aromatic rings. The summed E-state index contributed by atoms with van der Waals surface area (Å²) < 4.78 is 25.2. The van der Waals surface area contributed by atoms with Crippen LogP contribution < -0.4 is 9.62 Å². The number of rotatable bonds is 6. The first-order valence-corrected chi connectivity index (χ1v) is 14.7. The lowest BCUT2D eigenvalue weighted by Crippen LogP contribution is -2.49. The Morgan fingerprint density at radius 1 is 1.11 bits per heavy atom. The van der Waals surface area contributed by atoms with Gasteiger partial charge in [-0.3, -0.25) is 9.10 Å². The van der Waals surface area contributed by atoms with E-state index in [-0.39, 0.29) is 17.4 Å². The monoisotopic (exact) mass is 531 g/mol. The maximum atomic E-state index is 13.5. The molecule has 1 N–H and O–H groups in total. The Balaban J connectivity index is 1.47. The fourth-order valence-electron chi connectivity index (χ4n) is 5.08. The molecule has 2 aliphatic heterocycles. The summed E-state index contributed by atoms with van der Waals surface area (Å²) in [6, 6.07) is 6.40. The lowest BCUT2D eigenvalue weighted by atomic mass is 9.94. The second-order valence-electron chi connectivity index (χ2n) is 12.7. The molecule has 2 fully saturated rings. The van der Waals surface area contributed by atoms with Gasteiger partial charge in [-0.1, -0.05) is 41.5 Å². The standard InChI is InChI=1S/C28H45N5O3S/c1-27(2,3)25-30-23-18-22(8-9-24(23)33(25)19-20-12-16-36-17-13-20)31(7)37(35)32-14-10-21(11-15-32)29-26(34)28(4,5)6/h8-9,18,20-21H,10-17,19H2,1-7H3,(H,29,34). The molecule has 1 unspecified atom stereocenters. The van der Waals surface area contributed by atoms with Gasteiger partial charge in [0, 0.05) is 56.8 Å². The molecule has 1 atom stereocenters. The van der Waals surface area contributed by atoms with E-state index in [1.54, 1.807) is 0 Å². The molecular formula is C28H45N5O3S. The number of amides is 1. The van der Waals surface area contributed by atoms with Crippen molar-refractivity contribution in [3.05, 3.63) is 24.0 Å². The van der Waals surface area contributed by atoms with Gasteiger partial charge in [0.25, 0.3) is 0 Å². The number of nitrogens with zero attached hydrogens (tertiary/aromatic N) is 4. The van der Waals surface area contributed by atoms with Crippen molar-refractivity contribution in [3.8, 4) is 0 Å². The van der Waals surface area contributed by atoms with Crippen LogP contribution >= 0.6 is 0 Å². The first-order valence-electron chi connectivity index (χ1n) is 13.6. The number of benzene rings is 1. The van der Waals surface area contributed by atoms with Crippen LogP contribution in [0.5, 0.6) is 0 Å². The van der Waals surface area contributed by atoms with Crippen molar-refractivity contribution in [2.45, 2.75) is 85.2 Å². The smallest absolute Gasteiger partial charge is 0.225 e. The number of ether oxygens (including phenoxy) is 1. The molecule has 0 spiro atoms. The SMILES string of the molecule is CN(c1ccc2c(c1)nc(C(C)(C)C)n2CC1CCOCC1)S(=O)N1CCC(NC(=O)C(C)(C)C)CC1. The average Bonchev–Trinajstić information content (AvgIpc) is 3.22. The van der Waals surface area contributed by atoms with Gasteiger partial charge in [0.2, 0.25) is 5.91 Å². The summed E-state index contributed by atoms with van der Waals surface area (Å²) in [5.41, 5.74) is 2.50. The van der Waals surface area contributed by atoms with Crippen molar-refractivity contribution >= 4 is 33.8 Å². The molecule has 0 aliphatic carbocycles. The number of piperidine rings is 1. The Morgan fingerprint density at radius 3 is 2.35 bits per heavy atom. The minimum absolute atomic E-state index is 0.0726. The molecule has 9 heteroatoms. The topological polar surface area (TPSA) is 79.7 Å². The molecule has 1 aromatic heterocycles. The molecule has 1 aromatic carbocycles. The summed E-state index contributed by atoms with van der Waals surface area (Å²) in [6.45, 7) is 16.4. The summed E-state index contributed by atoms with van der Waals surface area (Å²) in [4.78, 5) is 17.4. The van der Waals surface area contributed by atoms with Gasteiger partial charge < -0.3 is 14.6 Å². The Kier molecular flexibility index (Phi) is 8.36. The fraction of sp³-hybridized carbons (Fsp3) is 0.714. The molecule has 0 bridgehead atoms. The molecule has 4 rings (SSSR count). The van der Waals surface area contributed by atoms with Crippen LogP contribution in [0, 0.1) is 11.3 Å². The normalized spacial score (nSPS) is 19.8. The van der Waals surface area contributed by atoms with E-state index in [9.17, 15) is 9.00 Å². The molecule has 0 saturated carbocycles. The van der Waals surface area contributed by atoms with Crippen molar-refractivity contribution in [2.24, 2.45) is 11.3 Å².